The molecule has 0 saturated carbocycles. The Morgan fingerprint density at radius 3 is 1.73 bits per heavy atom. The van der Waals surface area contributed by atoms with E-state index in [1.54, 1.807) is 0 Å². The van der Waals surface area contributed by atoms with Gasteiger partial charge in [-0.15, -0.1) is 0 Å². The summed E-state index contributed by atoms with van der Waals surface area (Å²) < 4.78 is 6.09. The molecule has 2 rings (SSSR count). The Hall–Kier alpha value is -2.78. The molecular weight excluding hydrogens is 464 g/mol. The standard InChI is InChI=1S/C31H46O2.CH2O3/c1-3-5-6-7-8-9-10-11-12-13-14-15-16-18-23-28-24-25-29(26-32)30(31(28)33-4-2)27-21-19-17-20-22-27;2-1(3)4/h17,19-22,24-25,30H,3-16,18,23H2,1-2H3;(H2,2,3,4). The number of carboxylic acid groups (broad SMARTS) is 2. The minimum Gasteiger partial charge on any atom is -0.497 e. The quantitative estimate of drug-likeness (QED) is 0.151. The Kier molecular flexibility index (Phi) is 18.6. The van der Waals surface area contributed by atoms with Crippen molar-refractivity contribution in [3.8, 4) is 0 Å². The highest BCUT2D eigenvalue weighted by atomic mass is 16.6. The summed E-state index contributed by atoms with van der Waals surface area (Å²) in [6, 6.07) is 10.2. The second-order valence-corrected chi connectivity index (χ2v) is 9.69. The zero-order chi connectivity index (χ0) is 27.1. The van der Waals surface area contributed by atoms with Crippen LogP contribution in [0, 0.1) is 0 Å². The molecule has 1 aliphatic carbocycles. The second-order valence-electron chi connectivity index (χ2n) is 9.69. The molecule has 206 valence electrons. The smallest absolute Gasteiger partial charge is 0.497 e. The number of hydrogen-bond acceptors (Lipinski definition) is 3. The summed E-state index contributed by atoms with van der Waals surface area (Å²) in [6.07, 6.45) is 22.4. The largest absolute Gasteiger partial charge is 0.503 e. The molecule has 1 atom stereocenters. The van der Waals surface area contributed by atoms with Gasteiger partial charge in [0.15, 0.2) is 0 Å². The molecule has 1 aromatic carbocycles. The molecule has 2 N–H and O–H groups in total. The Labute approximate surface area is 224 Å². The fourth-order valence-corrected chi connectivity index (χ4v) is 4.81. The fraction of sp³-hybridized carbons (Fsp3) is 0.594. The van der Waals surface area contributed by atoms with E-state index in [9.17, 15) is 4.79 Å². The first-order valence-electron chi connectivity index (χ1n) is 14.3. The number of benzene rings is 1. The molecule has 0 fully saturated rings. The minimum absolute atomic E-state index is 0.129. The van der Waals surface area contributed by atoms with Crippen LogP contribution in [0.2, 0.25) is 0 Å². The Bertz CT molecular complexity index is 845. The fourth-order valence-electron chi connectivity index (χ4n) is 4.81. The van der Waals surface area contributed by atoms with Crippen molar-refractivity contribution in [2.75, 3.05) is 6.61 Å². The molecule has 0 aliphatic heterocycles. The first-order valence-corrected chi connectivity index (χ1v) is 14.3. The van der Waals surface area contributed by atoms with Crippen LogP contribution in [-0.2, 0) is 9.53 Å². The van der Waals surface area contributed by atoms with Crippen LogP contribution in [0.15, 0.2) is 59.4 Å². The van der Waals surface area contributed by atoms with Gasteiger partial charge in [-0.1, -0.05) is 127 Å². The van der Waals surface area contributed by atoms with E-state index < -0.39 is 6.16 Å². The van der Waals surface area contributed by atoms with Crippen LogP contribution in [0.5, 0.6) is 0 Å². The van der Waals surface area contributed by atoms with Crippen molar-refractivity contribution < 1.29 is 24.5 Å². The Balaban J connectivity index is 0.00000159. The van der Waals surface area contributed by atoms with Gasteiger partial charge in [-0.05, 0) is 37.0 Å². The van der Waals surface area contributed by atoms with Gasteiger partial charge in [-0.25, -0.2) is 9.59 Å². The van der Waals surface area contributed by atoms with Gasteiger partial charge < -0.3 is 14.9 Å². The lowest BCUT2D eigenvalue weighted by Crippen LogP contribution is -2.14. The van der Waals surface area contributed by atoms with Gasteiger partial charge >= 0.3 is 6.16 Å². The van der Waals surface area contributed by atoms with Crippen LogP contribution in [0.4, 0.5) is 4.79 Å². The van der Waals surface area contributed by atoms with Crippen molar-refractivity contribution in [1.29, 1.82) is 0 Å². The Morgan fingerprint density at radius 2 is 1.27 bits per heavy atom. The maximum Gasteiger partial charge on any atom is 0.503 e. The van der Waals surface area contributed by atoms with Crippen molar-refractivity contribution in [3.63, 3.8) is 0 Å². The number of unbranched alkanes of at least 4 members (excludes halogenated alkanes) is 13. The van der Waals surface area contributed by atoms with Crippen molar-refractivity contribution in [3.05, 3.63) is 65.0 Å². The summed E-state index contributed by atoms with van der Waals surface area (Å²) in [7, 11) is 0. The number of carbonyl (C=O) groups is 1. The van der Waals surface area contributed by atoms with E-state index in [4.69, 9.17) is 19.7 Å². The van der Waals surface area contributed by atoms with Crippen LogP contribution in [0.1, 0.15) is 122 Å². The van der Waals surface area contributed by atoms with Crippen LogP contribution in [0.25, 0.3) is 0 Å². The highest BCUT2D eigenvalue weighted by molar-refractivity contribution is 5.66. The average Bonchev–Trinajstić information content (AvgIpc) is 2.89. The average molecular weight is 513 g/mol. The molecule has 1 aliphatic rings. The summed E-state index contributed by atoms with van der Waals surface area (Å²) in [5.41, 5.74) is 3.00. The van der Waals surface area contributed by atoms with Gasteiger partial charge in [-0.2, -0.15) is 0 Å². The van der Waals surface area contributed by atoms with Crippen LogP contribution >= 0.6 is 0 Å². The molecule has 0 amide bonds. The zero-order valence-corrected chi connectivity index (χ0v) is 23.1. The lowest BCUT2D eigenvalue weighted by molar-refractivity contribution is 0.137. The molecule has 0 radical (unpaired) electrons. The molecular formula is C32H48O5. The van der Waals surface area contributed by atoms with E-state index in [2.05, 4.69) is 31.1 Å². The number of carbonyl (C=O) groups excluding carboxylic acids is 1. The first-order chi connectivity index (χ1) is 18.0. The van der Waals surface area contributed by atoms with Crippen molar-refractivity contribution in [2.24, 2.45) is 0 Å². The van der Waals surface area contributed by atoms with Crippen LogP contribution in [0.3, 0.4) is 0 Å². The molecule has 37 heavy (non-hydrogen) atoms. The molecule has 0 bridgehead atoms. The van der Waals surface area contributed by atoms with Gasteiger partial charge in [0, 0.05) is 0 Å². The van der Waals surface area contributed by atoms with E-state index in [-0.39, 0.29) is 5.92 Å². The molecule has 0 heterocycles. The summed E-state index contributed by atoms with van der Waals surface area (Å²) >= 11 is 0. The Morgan fingerprint density at radius 1 is 0.784 bits per heavy atom. The first kappa shape index (κ1) is 32.2. The van der Waals surface area contributed by atoms with E-state index in [1.165, 1.54) is 95.5 Å². The second kappa shape index (κ2) is 21.3. The van der Waals surface area contributed by atoms with Gasteiger partial charge in [0.05, 0.1) is 18.1 Å². The monoisotopic (exact) mass is 512 g/mol. The molecule has 5 nitrogen and oxygen atoms in total. The molecule has 5 heteroatoms. The van der Waals surface area contributed by atoms with E-state index in [0.717, 1.165) is 17.7 Å². The maximum atomic E-state index is 11.6. The summed E-state index contributed by atoms with van der Waals surface area (Å²) in [5, 5.41) is 13.9. The molecule has 1 unspecified atom stereocenters. The van der Waals surface area contributed by atoms with Crippen LogP contribution < -0.4 is 0 Å². The highest BCUT2D eigenvalue weighted by Crippen LogP contribution is 2.39. The number of allylic oxidation sites excluding steroid dienone is 4. The lowest BCUT2D eigenvalue weighted by atomic mass is 9.83. The third kappa shape index (κ3) is 14.5. The number of rotatable bonds is 18. The van der Waals surface area contributed by atoms with E-state index in [0.29, 0.717) is 12.2 Å². The minimum atomic E-state index is -1.83. The SMILES string of the molecule is CCCCCCCCCCCCCCCCC1=C(OCC)C(c2ccccc2)C(=C=O)C=C1.O=C(O)O. The number of hydrogen-bond donors (Lipinski definition) is 2. The maximum absolute atomic E-state index is 11.6. The predicted octanol–water partition coefficient (Wildman–Crippen LogP) is 9.48. The van der Waals surface area contributed by atoms with Gasteiger partial charge in [0.2, 0.25) is 0 Å². The van der Waals surface area contributed by atoms with Crippen molar-refractivity contribution >= 4 is 12.1 Å². The topological polar surface area (TPSA) is 83.8 Å². The molecule has 1 aromatic rings. The number of ether oxygens (including phenoxy) is 1. The van der Waals surface area contributed by atoms with Crippen molar-refractivity contribution in [2.45, 2.75) is 116 Å². The summed E-state index contributed by atoms with van der Waals surface area (Å²) in [5.74, 6) is 2.96. The molecule has 0 saturated heterocycles. The predicted molar refractivity (Wildman–Crippen MR) is 152 cm³/mol. The van der Waals surface area contributed by atoms with Gasteiger partial charge in [-0.3, -0.25) is 0 Å². The third-order valence-corrected chi connectivity index (χ3v) is 6.70. The normalized spacial score (nSPS) is 14.6. The summed E-state index contributed by atoms with van der Waals surface area (Å²) in [4.78, 5) is 20.2. The van der Waals surface area contributed by atoms with E-state index in [1.807, 2.05) is 31.2 Å². The van der Waals surface area contributed by atoms with Crippen LogP contribution in [-0.4, -0.2) is 28.9 Å². The summed E-state index contributed by atoms with van der Waals surface area (Å²) in [6.45, 7) is 4.91. The highest BCUT2D eigenvalue weighted by Gasteiger charge is 2.27. The van der Waals surface area contributed by atoms with Crippen molar-refractivity contribution in [1.82, 2.24) is 0 Å². The van der Waals surface area contributed by atoms with Gasteiger partial charge in [0.25, 0.3) is 0 Å². The third-order valence-electron chi connectivity index (χ3n) is 6.70. The van der Waals surface area contributed by atoms with Gasteiger partial charge in [0.1, 0.15) is 11.7 Å². The molecule has 0 spiro atoms. The van der Waals surface area contributed by atoms with E-state index >= 15 is 0 Å². The lowest BCUT2D eigenvalue weighted by Gasteiger charge is -2.26. The molecule has 0 aromatic heterocycles. The zero-order valence-electron chi connectivity index (χ0n) is 23.1.